The summed E-state index contributed by atoms with van der Waals surface area (Å²) in [4.78, 5) is 24.0. The summed E-state index contributed by atoms with van der Waals surface area (Å²) in [5, 5.41) is 2.68. The van der Waals surface area contributed by atoms with Gasteiger partial charge in [-0.1, -0.05) is 43.6 Å². The minimum absolute atomic E-state index is 0.0101. The van der Waals surface area contributed by atoms with Crippen LogP contribution in [0.5, 0.6) is 0 Å². The van der Waals surface area contributed by atoms with E-state index in [1.807, 2.05) is 18.2 Å². The van der Waals surface area contributed by atoms with E-state index in [9.17, 15) is 14.0 Å². The van der Waals surface area contributed by atoms with E-state index in [1.165, 1.54) is 6.07 Å². The number of hydrogen-bond acceptors (Lipinski definition) is 3. The molecule has 0 heterocycles. The lowest BCUT2D eigenvalue weighted by Gasteiger charge is -2.15. The summed E-state index contributed by atoms with van der Waals surface area (Å²) in [5.74, 6) is -1.50. The van der Waals surface area contributed by atoms with Crippen LogP contribution < -0.4 is 5.32 Å². The summed E-state index contributed by atoms with van der Waals surface area (Å²) < 4.78 is 18.0. The van der Waals surface area contributed by atoms with Gasteiger partial charge in [0.25, 0.3) is 5.91 Å². The van der Waals surface area contributed by atoms with Crippen molar-refractivity contribution in [2.24, 2.45) is 0 Å². The minimum atomic E-state index is -0.782. The van der Waals surface area contributed by atoms with E-state index in [0.717, 1.165) is 24.1 Å². The lowest BCUT2D eigenvalue weighted by Crippen LogP contribution is -2.22. The van der Waals surface area contributed by atoms with Gasteiger partial charge in [-0.25, -0.2) is 9.18 Å². The molecule has 4 nitrogen and oxygen atoms in total. The number of ether oxygens (including phenoxy) is 1. The van der Waals surface area contributed by atoms with Gasteiger partial charge in [0.15, 0.2) is 6.61 Å². The fraction of sp³-hybridized carbons (Fsp3) is 0.263. The molecular weight excluding hydrogens is 345 g/mol. The Morgan fingerprint density at radius 2 is 1.96 bits per heavy atom. The summed E-state index contributed by atoms with van der Waals surface area (Å²) in [6.07, 6.45) is 0.935. The first-order valence-electron chi connectivity index (χ1n) is 7.93. The second-order valence-electron chi connectivity index (χ2n) is 5.65. The van der Waals surface area contributed by atoms with Crippen molar-refractivity contribution in [1.29, 1.82) is 0 Å². The SMILES string of the molecule is CC[C@H](C)c1ccccc1NC(=O)COC(=O)c1ccc(F)cc1Cl. The summed E-state index contributed by atoms with van der Waals surface area (Å²) in [5.41, 5.74) is 1.72. The maximum atomic E-state index is 13.0. The van der Waals surface area contributed by atoms with E-state index < -0.39 is 24.3 Å². The fourth-order valence-corrected chi connectivity index (χ4v) is 2.56. The molecule has 1 atom stereocenters. The van der Waals surface area contributed by atoms with Crippen molar-refractivity contribution < 1.29 is 18.7 Å². The van der Waals surface area contributed by atoms with E-state index in [1.54, 1.807) is 6.07 Å². The van der Waals surface area contributed by atoms with Crippen LogP contribution in [-0.4, -0.2) is 18.5 Å². The molecule has 0 saturated carbocycles. The molecule has 0 aliphatic rings. The highest BCUT2D eigenvalue weighted by molar-refractivity contribution is 6.33. The zero-order valence-corrected chi connectivity index (χ0v) is 14.8. The third-order valence-electron chi connectivity index (χ3n) is 3.86. The Hall–Kier alpha value is -2.40. The van der Waals surface area contributed by atoms with Crippen LogP contribution in [-0.2, 0) is 9.53 Å². The van der Waals surface area contributed by atoms with Crippen LogP contribution >= 0.6 is 11.6 Å². The molecule has 25 heavy (non-hydrogen) atoms. The molecule has 0 aliphatic heterocycles. The Kier molecular flexibility index (Phi) is 6.53. The maximum absolute atomic E-state index is 13.0. The number of esters is 1. The van der Waals surface area contributed by atoms with Crippen LogP contribution in [0.3, 0.4) is 0 Å². The number of amides is 1. The molecule has 2 rings (SSSR count). The van der Waals surface area contributed by atoms with Crippen molar-refractivity contribution in [1.82, 2.24) is 0 Å². The van der Waals surface area contributed by atoms with Gasteiger partial charge in [0, 0.05) is 5.69 Å². The number of nitrogens with one attached hydrogen (secondary N) is 1. The third-order valence-corrected chi connectivity index (χ3v) is 4.18. The first kappa shape index (κ1) is 18.9. The largest absolute Gasteiger partial charge is 0.452 e. The van der Waals surface area contributed by atoms with Crippen LogP contribution in [0.4, 0.5) is 10.1 Å². The van der Waals surface area contributed by atoms with Crippen LogP contribution in [0, 0.1) is 5.82 Å². The number of benzene rings is 2. The quantitative estimate of drug-likeness (QED) is 0.751. The summed E-state index contributed by atoms with van der Waals surface area (Å²) in [6.45, 7) is 3.68. The van der Waals surface area contributed by atoms with E-state index in [-0.39, 0.29) is 16.5 Å². The van der Waals surface area contributed by atoms with Gasteiger partial charge >= 0.3 is 5.97 Å². The predicted octanol–water partition coefficient (Wildman–Crippen LogP) is 4.79. The molecule has 0 spiro atoms. The Labute approximate surface area is 150 Å². The molecule has 2 aromatic carbocycles. The van der Waals surface area contributed by atoms with Gasteiger partial charge in [-0.05, 0) is 42.2 Å². The van der Waals surface area contributed by atoms with Crippen molar-refractivity contribution in [3.05, 3.63) is 64.4 Å². The fourth-order valence-electron chi connectivity index (χ4n) is 2.31. The van der Waals surface area contributed by atoms with E-state index in [2.05, 4.69) is 19.2 Å². The zero-order chi connectivity index (χ0) is 18.4. The molecule has 0 aromatic heterocycles. The molecule has 132 valence electrons. The Morgan fingerprint density at radius 3 is 2.64 bits per heavy atom. The average molecular weight is 364 g/mol. The highest BCUT2D eigenvalue weighted by atomic mass is 35.5. The normalized spacial score (nSPS) is 11.7. The van der Waals surface area contributed by atoms with E-state index in [0.29, 0.717) is 5.69 Å². The second-order valence-corrected chi connectivity index (χ2v) is 6.05. The number of para-hydroxylation sites is 1. The van der Waals surface area contributed by atoms with Crippen molar-refractivity contribution in [3.8, 4) is 0 Å². The molecule has 0 bridgehead atoms. The standard InChI is InChI=1S/C19H19ClFNO3/c1-3-12(2)14-6-4-5-7-17(14)22-18(23)11-25-19(24)15-9-8-13(21)10-16(15)20/h4-10,12H,3,11H2,1-2H3,(H,22,23)/t12-/m0/s1. The topological polar surface area (TPSA) is 55.4 Å². The first-order chi connectivity index (χ1) is 11.9. The summed E-state index contributed by atoms with van der Waals surface area (Å²) in [7, 11) is 0. The van der Waals surface area contributed by atoms with Gasteiger partial charge < -0.3 is 10.1 Å². The van der Waals surface area contributed by atoms with Gasteiger partial charge in [-0.2, -0.15) is 0 Å². The number of rotatable bonds is 6. The number of carbonyl (C=O) groups excluding carboxylic acids is 2. The van der Waals surface area contributed by atoms with Crippen LogP contribution in [0.2, 0.25) is 5.02 Å². The number of carbonyl (C=O) groups is 2. The number of hydrogen-bond donors (Lipinski definition) is 1. The van der Waals surface area contributed by atoms with E-state index >= 15 is 0 Å². The molecule has 0 unspecified atom stereocenters. The smallest absolute Gasteiger partial charge is 0.340 e. The maximum Gasteiger partial charge on any atom is 0.340 e. The van der Waals surface area contributed by atoms with Gasteiger partial charge in [-0.15, -0.1) is 0 Å². The number of halogens is 2. The van der Waals surface area contributed by atoms with Crippen molar-refractivity contribution >= 4 is 29.2 Å². The molecule has 1 amide bonds. The second kappa shape index (κ2) is 8.62. The predicted molar refractivity (Wildman–Crippen MR) is 95.5 cm³/mol. The Bertz CT molecular complexity index is 779. The number of anilines is 1. The third kappa shape index (κ3) is 5.03. The molecule has 1 N–H and O–H groups in total. The van der Waals surface area contributed by atoms with Gasteiger partial charge in [0.05, 0.1) is 10.6 Å². The molecule has 6 heteroatoms. The average Bonchev–Trinajstić information content (AvgIpc) is 2.59. The van der Waals surface area contributed by atoms with Crippen molar-refractivity contribution in [2.75, 3.05) is 11.9 Å². The molecule has 0 radical (unpaired) electrons. The van der Waals surface area contributed by atoms with Crippen molar-refractivity contribution in [3.63, 3.8) is 0 Å². The summed E-state index contributed by atoms with van der Waals surface area (Å²) in [6, 6.07) is 10.8. The van der Waals surface area contributed by atoms with Gasteiger partial charge in [0.1, 0.15) is 5.82 Å². The zero-order valence-electron chi connectivity index (χ0n) is 14.0. The van der Waals surface area contributed by atoms with Crippen LogP contribution in [0.25, 0.3) is 0 Å². The van der Waals surface area contributed by atoms with Crippen LogP contribution in [0.15, 0.2) is 42.5 Å². The molecule has 0 aliphatic carbocycles. The Morgan fingerprint density at radius 1 is 1.24 bits per heavy atom. The van der Waals surface area contributed by atoms with Gasteiger partial charge in [0.2, 0.25) is 0 Å². The molecule has 2 aromatic rings. The van der Waals surface area contributed by atoms with Gasteiger partial charge in [-0.3, -0.25) is 4.79 Å². The monoisotopic (exact) mass is 363 g/mol. The molecular formula is C19H19ClFNO3. The molecule has 0 fully saturated rings. The lowest BCUT2D eigenvalue weighted by molar-refractivity contribution is -0.119. The molecule has 0 saturated heterocycles. The van der Waals surface area contributed by atoms with Crippen LogP contribution in [0.1, 0.15) is 42.1 Å². The van der Waals surface area contributed by atoms with Crippen molar-refractivity contribution in [2.45, 2.75) is 26.2 Å². The first-order valence-corrected chi connectivity index (χ1v) is 8.31. The lowest BCUT2D eigenvalue weighted by atomic mass is 9.97. The Balaban J connectivity index is 1.98. The van der Waals surface area contributed by atoms with E-state index in [4.69, 9.17) is 16.3 Å². The summed E-state index contributed by atoms with van der Waals surface area (Å²) >= 11 is 5.80. The highest BCUT2D eigenvalue weighted by Crippen LogP contribution is 2.26. The highest BCUT2D eigenvalue weighted by Gasteiger charge is 2.16. The minimum Gasteiger partial charge on any atom is -0.452 e.